The molecular formula is C36H40N6O4. The van der Waals surface area contributed by atoms with E-state index in [4.69, 9.17) is 24.4 Å². The number of hydrogen-bond acceptors (Lipinski definition) is 6. The van der Waals surface area contributed by atoms with Crippen molar-refractivity contribution in [1.29, 1.82) is 0 Å². The van der Waals surface area contributed by atoms with Gasteiger partial charge in [-0.05, 0) is 62.6 Å². The molecule has 10 heteroatoms. The highest BCUT2D eigenvalue weighted by Gasteiger charge is 2.28. The first-order valence-corrected chi connectivity index (χ1v) is 15.4. The molecule has 1 amide bonds. The van der Waals surface area contributed by atoms with Crippen molar-refractivity contribution in [3.8, 4) is 11.5 Å². The second-order valence-corrected chi connectivity index (χ2v) is 12.4. The number of benzene rings is 3. The number of nitrogens with one attached hydrogen (secondary N) is 3. The zero-order chi connectivity index (χ0) is 32.3. The van der Waals surface area contributed by atoms with Crippen LogP contribution in [0.2, 0.25) is 0 Å². The molecule has 3 heterocycles. The molecule has 10 nitrogen and oxygen atoms in total. The van der Waals surface area contributed by atoms with Crippen molar-refractivity contribution >= 4 is 27.9 Å². The lowest BCUT2D eigenvalue weighted by molar-refractivity contribution is 0.0500. The smallest absolute Gasteiger partial charge is 0.408 e. The maximum Gasteiger partial charge on any atom is 0.408 e. The largest absolute Gasteiger partial charge is 0.497 e. The lowest BCUT2D eigenvalue weighted by Gasteiger charge is -2.24. The van der Waals surface area contributed by atoms with Gasteiger partial charge in [0.2, 0.25) is 0 Å². The summed E-state index contributed by atoms with van der Waals surface area (Å²) in [5, 5.41) is 14.8. The van der Waals surface area contributed by atoms with Crippen molar-refractivity contribution < 1.29 is 19.0 Å². The standard InChI is InChI=1S/C36H40N6O4/c1-36(2,3)46-35(43)39-31(18-25-21-38-30-13-9-7-11-28(25)30)34-41-40-33(17-15-23-20-37-29-12-8-6-10-27(23)29)42(34)22-24-14-16-26(44-4)19-32(24)45-5/h6-14,16,19-21,31,37-38H,15,17-18,22H2,1-5H3,(H,39,43). The summed E-state index contributed by atoms with van der Waals surface area (Å²) < 4.78 is 19.0. The van der Waals surface area contributed by atoms with Crippen molar-refractivity contribution in [2.45, 2.75) is 58.2 Å². The summed E-state index contributed by atoms with van der Waals surface area (Å²) >= 11 is 0. The number of fused-ring (bicyclic) bond motifs is 2. The van der Waals surface area contributed by atoms with Crippen LogP contribution in [0.25, 0.3) is 21.8 Å². The van der Waals surface area contributed by atoms with Crippen molar-refractivity contribution in [2.75, 3.05) is 14.2 Å². The van der Waals surface area contributed by atoms with Gasteiger partial charge in [-0.2, -0.15) is 0 Å². The van der Waals surface area contributed by atoms with E-state index in [1.54, 1.807) is 14.2 Å². The first kappa shape index (κ1) is 30.8. The van der Waals surface area contributed by atoms with Crippen molar-refractivity contribution in [1.82, 2.24) is 30.0 Å². The number of rotatable bonds is 11. The number of aryl methyl sites for hydroxylation is 2. The number of amides is 1. The van der Waals surface area contributed by atoms with Gasteiger partial charge in [0.15, 0.2) is 5.82 Å². The molecule has 0 fully saturated rings. The minimum absolute atomic E-state index is 0.430. The van der Waals surface area contributed by atoms with Crippen LogP contribution in [-0.2, 0) is 30.5 Å². The van der Waals surface area contributed by atoms with Gasteiger partial charge < -0.3 is 34.1 Å². The highest BCUT2D eigenvalue weighted by atomic mass is 16.6. The molecule has 3 aromatic carbocycles. The number of para-hydroxylation sites is 2. The van der Waals surface area contributed by atoms with E-state index in [0.717, 1.165) is 39.8 Å². The molecule has 0 aliphatic heterocycles. The first-order valence-electron chi connectivity index (χ1n) is 15.4. The van der Waals surface area contributed by atoms with Crippen LogP contribution in [0.1, 0.15) is 55.2 Å². The molecule has 0 bridgehead atoms. The molecule has 46 heavy (non-hydrogen) atoms. The van der Waals surface area contributed by atoms with Gasteiger partial charge in [-0.25, -0.2) is 4.79 Å². The molecule has 0 spiro atoms. The van der Waals surface area contributed by atoms with Crippen LogP contribution in [0.3, 0.4) is 0 Å². The molecule has 238 valence electrons. The fourth-order valence-electron chi connectivity index (χ4n) is 5.88. The Morgan fingerprint density at radius 1 is 0.848 bits per heavy atom. The number of H-pyrrole nitrogens is 2. The van der Waals surface area contributed by atoms with E-state index in [0.29, 0.717) is 36.7 Å². The second kappa shape index (κ2) is 13.0. The van der Waals surface area contributed by atoms with Gasteiger partial charge in [0.1, 0.15) is 22.9 Å². The van der Waals surface area contributed by atoms with Gasteiger partial charge in [0, 0.05) is 58.7 Å². The van der Waals surface area contributed by atoms with Gasteiger partial charge in [-0.3, -0.25) is 0 Å². The summed E-state index contributed by atoms with van der Waals surface area (Å²) in [6.45, 7) is 5.98. The SMILES string of the molecule is COc1ccc(Cn2c(CCc3c[nH]c4ccccc34)nnc2C(Cc2c[nH]c3ccccc23)NC(=O)OC(C)(C)C)c(OC)c1. The highest BCUT2D eigenvalue weighted by molar-refractivity contribution is 5.84. The predicted octanol–water partition coefficient (Wildman–Crippen LogP) is 6.90. The summed E-state index contributed by atoms with van der Waals surface area (Å²) in [6.07, 6.45) is 5.40. The predicted molar refractivity (Wildman–Crippen MR) is 178 cm³/mol. The molecule has 0 aliphatic rings. The molecule has 0 radical (unpaired) electrons. The van der Waals surface area contributed by atoms with Crippen molar-refractivity contribution in [3.05, 3.63) is 107 Å². The van der Waals surface area contributed by atoms with Gasteiger partial charge in [-0.1, -0.05) is 36.4 Å². The molecule has 1 unspecified atom stereocenters. The normalized spacial score (nSPS) is 12.4. The van der Waals surface area contributed by atoms with Crippen molar-refractivity contribution in [3.63, 3.8) is 0 Å². The molecule has 0 saturated heterocycles. The van der Waals surface area contributed by atoms with Crippen LogP contribution in [0.5, 0.6) is 11.5 Å². The third kappa shape index (κ3) is 6.71. The molecule has 6 rings (SSSR count). The average Bonchev–Trinajstić information content (AvgIpc) is 3.76. The molecule has 3 N–H and O–H groups in total. The summed E-state index contributed by atoms with van der Waals surface area (Å²) in [5.41, 5.74) is 4.65. The van der Waals surface area contributed by atoms with Crippen LogP contribution in [-0.4, -0.2) is 50.6 Å². The summed E-state index contributed by atoms with van der Waals surface area (Å²) in [6, 6.07) is 21.6. The van der Waals surface area contributed by atoms with E-state index in [2.05, 4.69) is 44.2 Å². The maximum absolute atomic E-state index is 13.3. The number of hydrogen-bond donors (Lipinski definition) is 3. The lowest BCUT2D eigenvalue weighted by atomic mass is 10.0. The topological polar surface area (TPSA) is 119 Å². The molecular weight excluding hydrogens is 580 g/mol. The first-order chi connectivity index (χ1) is 22.2. The van der Waals surface area contributed by atoms with Gasteiger partial charge >= 0.3 is 6.09 Å². The summed E-state index contributed by atoms with van der Waals surface area (Å²) in [7, 11) is 3.28. The third-order valence-electron chi connectivity index (χ3n) is 8.07. The fraction of sp³-hybridized carbons (Fsp3) is 0.306. The van der Waals surface area contributed by atoms with Crippen LogP contribution in [0, 0.1) is 0 Å². The van der Waals surface area contributed by atoms with Crippen LogP contribution in [0.15, 0.2) is 79.1 Å². The van der Waals surface area contributed by atoms with Crippen LogP contribution < -0.4 is 14.8 Å². The van der Waals surface area contributed by atoms with E-state index in [1.165, 1.54) is 10.9 Å². The molecule has 6 aromatic rings. The minimum atomic E-state index is -0.663. The number of aromatic amines is 2. The third-order valence-corrected chi connectivity index (χ3v) is 8.07. The monoisotopic (exact) mass is 620 g/mol. The fourth-order valence-corrected chi connectivity index (χ4v) is 5.88. The van der Waals surface area contributed by atoms with E-state index < -0.39 is 17.7 Å². The van der Waals surface area contributed by atoms with Gasteiger partial charge in [0.25, 0.3) is 0 Å². The molecule has 0 aliphatic carbocycles. The van der Waals surface area contributed by atoms with Crippen LogP contribution >= 0.6 is 0 Å². The second-order valence-electron chi connectivity index (χ2n) is 12.4. The van der Waals surface area contributed by atoms with E-state index in [9.17, 15) is 4.79 Å². The Morgan fingerprint density at radius 3 is 2.20 bits per heavy atom. The Kier molecular flexibility index (Phi) is 8.70. The number of aromatic nitrogens is 5. The minimum Gasteiger partial charge on any atom is -0.497 e. The Morgan fingerprint density at radius 2 is 1.52 bits per heavy atom. The number of methoxy groups -OCH3 is 2. The highest BCUT2D eigenvalue weighted by Crippen LogP contribution is 2.30. The zero-order valence-corrected chi connectivity index (χ0v) is 26.9. The summed E-state index contributed by atoms with van der Waals surface area (Å²) in [5.74, 6) is 2.82. The number of ether oxygens (including phenoxy) is 3. The molecule has 1 atom stereocenters. The van der Waals surface area contributed by atoms with E-state index in [-0.39, 0.29) is 0 Å². The zero-order valence-electron chi connectivity index (χ0n) is 26.9. The van der Waals surface area contributed by atoms with Gasteiger partial charge in [-0.15, -0.1) is 10.2 Å². The molecule has 3 aromatic heterocycles. The number of carbonyl (C=O) groups excluding carboxylic acids is 1. The summed E-state index contributed by atoms with van der Waals surface area (Å²) in [4.78, 5) is 20.0. The van der Waals surface area contributed by atoms with Crippen LogP contribution in [0.4, 0.5) is 4.79 Å². The van der Waals surface area contributed by atoms with E-state index >= 15 is 0 Å². The Hall–Kier alpha value is -5.25. The number of carbonyl (C=O) groups is 1. The Labute approximate surface area is 268 Å². The van der Waals surface area contributed by atoms with E-state index in [1.807, 2.05) is 75.5 Å². The Bertz CT molecular complexity index is 1960. The number of nitrogens with zero attached hydrogens (tertiary/aromatic N) is 3. The number of alkyl carbamates (subject to hydrolysis) is 1. The van der Waals surface area contributed by atoms with Crippen molar-refractivity contribution in [2.24, 2.45) is 0 Å². The Balaban J connectivity index is 1.40. The van der Waals surface area contributed by atoms with Gasteiger partial charge in [0.05, 0.1) is 26.8 Å². The molecule has 0 saturated carbocycles. The maximum atomic E-state index is 13.3. The quantitative estimate of drug-likeness (QED) is 0.145. The average molecular weight is 621 g/mol. The lowest BCUT2D eigenvalue weighted by Crippen LogP contribution is -2.37.